The third-order valence-electron chi connectivity index (χ3n) is 0.591. The highest BCUT2D eigenvalue weighted by Gasteiger charge is 1.98. The van der Waals surface area contributed by atoms with Crippen LogP contribution in [-0.2, 0) is 4.79 Å². The lowest BCUT2D eigenvalue weighted by Gasteiger charge is -1.93. The van der Waals surface area contributed by atoms with Crippen LogP contribution in [0.15, 0.2) is 0 Å². The lowest BCUT2D eigenvalue weighted by atomic mass is 10.3. The smallest absolute Gasteiger partial charge is 0.175 e. The van der Waals surface area contributed by atoms with Gasteiger partial charge in [0.15, 0.2) is 5.78 Å². The van der Waals surface area contributed by atoms with Gasteiger partial charge in [-0.3, -0.25) is 4.79 Å². The van der Waals surface area contributed by atoms with E-state index in [1.165, 1.54) is 5.80 Å². The minimum atomic E-state index is -0.377. The second-order valence-electron chi connectivity index (χ2n) is 1.34. The highest BCUT2D eigenvalue weighted by Crippen LogP contribution is 1.74. The molecule has 0 aliphatic rings. The summed E-state index contributed by atoms with van der Waals surface area (Å²) in [5, 5.41) is 0. The average molecular weight is 117 g/mol. The summed E-state index contributed by atoms with van der Waals surface area (Å²) in [5.41, 5.74) is 5.13. The molecule has 0 aliphatic carbocycles. The second kappa shape index (κ2) is 2.89. The molecule has 2 N–H and O–H groups in total. The fraction of sp³-hybridized carbons (Fsp3) is 0.500. The van der Waals surface area contributed by atoms with Gasteiger partial charge < -0.3 is 5.73 Å². The van der Waals surface area contributed by atoms with Gasteiger partial charge in [0.2, 0.25) is 0 Å². The van der Waals surface area contributed by atoms with Gasteiger partial charge in [0.25, 0.3) is 0 Å². The van der Waals surface area contributed by atoms with Crippen LogP contribution in [0.3, 0.4) is 0 Å². The van der Waals surface area contributed by atoms with Crippen molar-refractivity contribution < 1.29 is 4.79 Å². The molecule has 0 spiro atoms. The molecule has 0 saturated heterocycles. The van der Waals surface area contributed by atoms with E-state index in [0.717, 1.165) is 0 Å². The topological polar surface area (TPSA) is 43.1 Å². The van der Waals surface area contributed by atoms with Crippen molar-refractivity contribution in [3.63, 3.8) is 0 Å². The molecule has 0 aliphatic heterocycles. The molecule has 0 aromatic carbocycles. The number of carbonyl (C=O) groups is 1. The van der Waals surface area contributed by atoms with Gasteiger partial charge in [-0.25, -0.2) is 0 Å². The fourth-order valence-electron chi connectivity index (χ4n) is 0.131. The molecule has 0 rings (SSSR count). The largest absolute Gasteiger partial charge is 0.321 e. The number of Topliss-reactive ketones (excluding diaryl/α,β-unsaturated/α-hetero) is 1. The Kier molecular flexibility index (Phi) is 2.81. The summed E-state index contributed by atoms with van der Waals surface area (Å²) >= 11 is 0. The molecule has 0 aromatic heterocycles. The molecule has 2 nitrogen and oxygen atoms in total. The Bertz CT molecular complexity index is 89.7. The summed E-state index contributed by atoms with van der Waals surface area (Å²) in [5.74, 6) is 1.20. The normalized spacial score (nSPS) is 12.9. The van der Waals surface area contributed by atoms with Gasteiger partial charge in [-0.2, -0.15) is 0 Å². The van der Waals surface area contributed by atoms with Gasteiger partial charge in [0.05, 0.1) is 6.04 Å². The second-order valence-corrected chi connectivity index (χ2v) is 1.62. The van der Waals surface area contributed by atoms with Crippen molar-refractivity contribution in [1.29, 1.82) is 0 Å². The zero-order chi connectivity index (χ0) is 5.86. The molecular formula is C4H8NOP. The van der Waals surface area contributed by atoms with Crippen molar-refractivity contribution in [3.8, 4) is 0 Å². The first-order valence-electron chi connectivity index (χ1n) is 1.98. The Morgan fingerprint density at radius 3 is 2.43 bits per heavy atom. The van der Waals surface area contributed by atoms with Crippen molar-refractivity contribution in [3.05, 3.63) is 0 Å². The third-order valence-corrected chi connectivity index (χ3v) is 0.876. The molecular weight excluding hydrogens is 109 g/mol. The lowest BCUT2D eigenvalue weighted by Crippen LogP contribution is -2.26. The van der Waals surface area contributed by atoms with Gasteiger partial charge in [-0.15, -0.1) is 8.86 Å². The summed E-state index contributed by atoms with van der Waals surface area (Å²) in [7, 11) is 2.90. The predicted octanol–water partition coefficient (Wildman–Crippen LogP) is -0.152. The van der Waals surface area contributed by atoms with E-state index in [-0.39, 0.29) is 11.8 Å². The number of hydrogen-bond donors (Lipinski definition) is 1. The summed E-state index contributed by atoms with van der Waals surface area (Å²) in [4.78, 5) is 10.3. The molecule has 1 atom stereocenters. The Labute approximate surface area is 44.9 Å². The third kappa shape index (κ3) is 2.49. The molecule has 0 amide bonds. The first kappa shape index (κ1) is 6.80. The number of hydrogen-bond acceptors (Lipinski definition) is 2. The Hall–Kier alpha value is -0.200. The molecule has 0 radical (unpaired) electrons. The maximum absolute atomic E-state index is 10.3. The van der Waals surface area contributed by atoms with Crippen molar-refractivity contribution in [2.24, 2.45) is 5.73 Å². The molecule has 3 heteroatoms. The van der Waals surface area contributed by atoms with Crippen molar-refractivity contribution >= 4 is 20.4 Å². The average Bonchev–Trinajstić information content (AvgIpc) is 1.65. The first-order chi connectivity index (χ1) is 3.18. The van der Waals surface area contributed by atoms with Crippen LogP contribution in [-0.4, -0.2) is 17.6 Å². The molecule has 0 heterocycles. The van der Waals surface area contributed by atoms with Gasteiger partial charge in [-0.1, -0.05) is 0 Å². The maximum atomic E-state index is 10.3. The minimum Gasteiger partial charge on any atom is -0.321 e. The zero-order valence-electron chi connectivity index (χ0n) is 4.14. The van der Waals surface area contributed by atoms with Gasteiger partial charge >= 0.3 is 0 Å². The molecule has 0 fully saturated rings. The highest BCUT2D eigenvalue weighted by molar-refractivity contribution is 7.22. The molecule has 0 unspecified atom stereocenters. The molecule has 0 bridgehead atoms. The summed E-state index contributed by atoms with van der Waals surface area (Å²) in [6.45, 7) is 1.64. The summed E-state index contributed by atoms with van der Waals surface area (Å²) < 4.78 is 0. The van der Waals surface area contributed by atoms with Crippen LogP contribution >= 0.6 is 8.86 Å². The lowest BCUT2D eigenvalue weighted by molar-refractivity contribution is -0.113. The van der Waals surface area contributed by atoms with Crippen molar-refractivity contribution in [2.75, 3.05) is 0 Å². The van der Waals surface area contributed by atoms with Crippen LogP contribution in [0.25, 0.3) is 0 Å². The molecule has 7 heavy (non-hydrogen) atoms. The van der Waals surface area contributed by atoms with Crippen LogP contribution in [0.4, 0.5) is 0 Å². The van der Waals surface area contributed by atoms with E-state index >= 15 is 0 Å². The predicted molar refractivity (Wildman–Crippen MR) is 33.0 cm³/mol. The SMILES string of the molecule is C[C@H](N)C(=O)C=P. The quantitative estimate of drug-likeness (QED) is 0.511. The van der Waals surface area contributed by atoms with Crippen LogP contribution in [0.1, 0.15) is 6.92 Å². The van der Waals surface area contributed by atoms with Crippen molar-refractivity contribution in [1.82, 2.24) is 0 Å². The van der Waals surface area contributed by atoms with Crippen LogP contribution in [0.2, 0.25) is 0 Å². The number of ketones is 1. The van der Waals surface area contributed by atoms with E-state index in [1.807, 2.05) is 0 Å². The monoisotopic (exact) mass is 117 g/mol. The minimum absolute atomic E-state index is 0.0864. The summed E-state index contributed by atoms with van der Waals surface area (Å²) in [6, 6.07) is -0.377. The Morgan fingerprint density at radius 2 is 2.43 bits per heavy atom. The highest BCUT2D eigenvalue weighted by atomic mass is 31.0. The number of nitrogens with two attached hydrogens (primary N) is 1. The van der Waals surface area contributed by atoms with Gasteiger partial charge in [0.1, 0.15) is 0 Å². The zero-order valence-corrected chi connectivity index (χ0v) is 5.14. The van der Waals surface area contributed by atoms with E-state index < -0.39 is 0 Å². The van der Waals surface area contributed by atoms with Gasteiger partial charge in [0, 0.05) is 5.80 Å². The van der Waals surface area contributed by atoms with Gasteiger partial charge in [-0.05, 0) is 6.92 Å². The van der Waals surface area contributed by atoms with E-state index in [0.29, 0.717) is 0 Å². The Balaban J connectivity index is 3.56. The first-order valence-corrected chi connectivity index (χ1v) is 2.56. The van der Waals surface area contributed by atoms with Crippen molar-refractivity contribution in [2.45, 2.75) is 13.0 Å². The molecule has 40 valence electrons. The van der Waals surface area contributed by atoms with Crippen LogP contribution in [0, 0.1) is 0 Å². The van der Waals surface area contributed by atoms with Crippen LogP contribution < -0.4 is 5.73 Å². The maximum Gasteiger partial charge on any atom is 0.175 e. The van der Waals surface area contributed by atoms with E-state index in [4.69, 9.17) is 5.73 Å². The van der Waals surface area contributed by atoms with E-state index in [2.05, 4.69) is 8.86 Å². The molecule has 0 aromatic rings. The van der Waals surface area contributed by atoms with Crippen LogP contribution in [0.5, 0.6) is 0 Å². The number of carbonyl (C=O) groups excluding carboxylic acids is 1. The molecule has 0 saturated carbocycles. The van der Waals surface area contributed by atoms with E-state index in [9.17, 15) is 4.79 Å². The Morgan fingerprint density at radius 1 is 2.00 bits per heavy atom. The number of rotatable bonds is 2. The fourth-order valence-corrected chi connectivity index (χ4v) is 0.394. The van der Waals surface area contributed by atoms with E-state index in [1.54, 1.807) is 6.92 Å². The standard InChI is InChI=1S/C4H8NOP/c1-3(5)4(6)2-7/h2-3,7H,5H2,1H3/t3-/m0/s1. The summed E-state index contributed by atoms with van der Waals surface area (Å²) in [6.07, 6.45) is 0.